The zero-order chi connectivity index (χ0) is 18.0. The molecule has 3 N–H and O–H groups in total. The van der Waals surface area contributed by atoms with E-state index in [1.54, 1.807) is 5.57 Å². The van der Waals surface area contributed by atoms with E-state index in [1.165, 1.54) is 6.92 Å². The Balaban J connectivity index is 1.67. The van der Waals surface area contributed by atoms with Gasteiger partial charge in [0, 0.05) is 13.0 Å². The molecular formula is C21H31NO3. The Morgan fingerprint density at radius 2 is 2.08 bits per heavy atom. The summed E-state index contributed by atoms with van der Waals surface area (Å²) in [5.74, 6) is 1.22. The first-order chi connectivity index (χ1) is 11.8. The molecule has 4 rings (SSSR count). The topological polar surface area (TPSA) is 72.5 Å². The number of aliphatic hydroxyl groups excluding tert-OH is 1. The average Bonchev–Trinajstić information content (AvgIpc) is 2.79. The molecule has 0 aromatic rings. The van der Waals surface area contributed by atoms with Gasteiger partial charge >= 0.3 is 5.97 Å². The highest BCUT2D eigenvalue weighted by Gasteiger charge is 2.59. The molecule has 2 fully saturated rings. The molecule has 2 saturated carbocycles. The number of rotatable bonds is 1. The molecule has 4 aliphatic carbocycles. The zero-order valence-corrected chi connectivity index (χ0v) is 15.6. The third kappa shape index (κ3) is 2.44. The van der Waals surface area contributed by atoms with E-state index in [0.717, 1.165) is 32.1 Å². The molecule has 25 heavy (non-hydrogen) atoms. The maximum Gasteiger partial charge on any atom is 0.302 e. The standard InChI is InChI=1S/C21H31NO3/c1-12(23)25-18-11-17-15-5-4-13-10-14(24)6-8-20(13,2)16(15)7-9-21(17,3)19(18)22/h5-6,8,13-14,16-19,24H,4,7,9-11,22H2,1-3H3/t13-,14+,16+,17+,18-,19+,20+,21+/m1/s1. The Labute approximate surface area is 150 Å². The number of ether oxygens (including phenoxy) is 1. The van der Waals surface area contributed by atoms with Gasteiger partial charge in [-0.15, -0.1) is 0 Å². The van der Waals surface area contributed by atoms with E-state index >= 15 is 0 Å². The highest BCUT2D eigenvalue weighted by Crippen LogP contribution is 2.63. The maximum absolute atomic E-state index is 11.5. The van der Waals surface area contributed by atoms with Gasteiger partial charge in [0.05, 0.1) is 6.10 Å². The lowest BCUT2D eigenvalue weighted by atomic mass is 9.50. The molecular weight excluding hydrogens is 314 g/mol. The van der Waals surface area contributed by atoms with Gasteiger partial charge in [0.25, 0.3) is 0 Å². The number of allylic oxidation sites excluding steroid dienone is 3. The molecule has 0 bridgehead atoms. The molecule has 0 aliphatic heterocycles. The van der Waals surface area contributed by atoms with Gasteiger partial charge in [0.1, 0.15) is 6.10 Å². The number of carbonyl (C=O) groups is 1. The van der Waals surface area contributed by atoms with Gasteiger partial charge in [-0.1, -0.05) is 37.6 Å². The second kappa shape index (κ2) is 5.68. The van der Waals surface area contributed by atoms with E-state index in [2.05, 4.69) is 26.0 Å². The van der Waals surface area contributed by atoms with Crippen LogP contribution in [0, 0.1) is 28.6 Å². The van der Waals surface area contributed by atoms with Crippen LogP contribution in [0.4, 0.5) is 0 Å². The lowest BCUT2D eigenvalue weighted by molar-refractivity contribution is -0.147. The van der Waals surface area contributed by atoms with Crippen molar-refractivity contribution in [3.8, 4) is 0 Å². The Bertz CT molecular complexity index is 641. The maximum atomic E-state index is 11.5. The van der Waals surface area contributed by atoms with Crippen molar-refractivity contribution in [2.45, 2.75) is 71.1 Å². The molecule has 0 spiro atoms. The minimum Gasteiger partial charge on any atom is -0.461 e. The smallest absolute Gasteiger partial charge is 0.302 e. The van der Waals surface area contributed by atoms with Gasteiger partial charge in [-0.3, -0.25) is 4.79 Å². The van der Waals surface area contributed by atoms with Crippen LogP contribution < -0.4 is 5.73 Å². The summed E-state index contributed by atoms with van der Waals surface area (Å²) in [6.07, 6.45) is 11.2. The SMILES string of the molecule is CC(=O)O[C@@H]1C[C@H]2C3=CC[C@@H]4C[C@@H](O)C=C[C@]4(C)[C@H]3CC[C@]2(C)[C@H]1N. The first kappa shape index (κ1) is 17.3. The fraction of sp³-hybridized carbons (Fsp3) is 0.762. The lowest BCUT2D eigenvalue weighted by Gasteiger charge is -2.55. The highest BCUT2D eigenvalue weighted by molar-refractivity contribution is 5.66. The van der Waals surface area contributed by atoms with Crippen LogP contribution >= 0.6 is 0 Å². The predicted octanol–water partition coefficient (Wildman–Crippen LogP) is 2.96. The van der Waals surface area contributed by atoms with E-state index in [-0.39, 0.29) is 35.0 Å². The molecule has 0 amide bonds. The van der Waals surface area contributed by atoms with Crippen molar-refractivity contribution in [2.75, 3.05) is 0 Å². The second-order valence-electron chi connectivity index (χ2n) is 9.22. The van der Waals surface area contributed by atoms with Crippen LogP contribution in [0.5, 0.6) is 0 Å². The van der Waals surface area contributed by atoms with Gasteiger partial charge in [0.15, 0.2) is 0 Å². The Morgan fingerprint density at radius 3 is 2.80 bits per heavy atom. The lowest BCUT2D eigenvalue weighted by Crippen LogP contribution is -2.51. The van der Waals surface area contributed by atoms with Crippen LogP contribution in [0.15, 0.2) is 23.8 Å². The second-order valence-corrected chi connectivity index (χ2v) is 9.22. The van der Waals surface area contributed by atoms with E-state index < -0.39 is 0 Å². The van der Waals surface area contributed by atoms with Crippen LogP contribution in [-0.2, 0) is 9.53 Å². The number of nitrogens with two attached hydrogens (primary N) is 1. The number of esters is 1. The summed E-state index contributed by atoms with van der Waals surface area (Å²) in [6.45, 7) is 6.14. The minimum absolute atomic E-state index is 0.0174. The molecule has 0 saturated heterocycles. The van der Waals surface area contributed by atoms with Crippen LogP contribution in [0.1, 0.15) is 52.9 Å². The van der Waals surface area contributed by atoms with Gasteiger partial charge < -0.3 is 15.6 Å². The monoisotopic (exact) mass is 345 g/mol. The summed E-state index contributed by atoms with van der Waals surface area (Å²) in [7, 11) is 0. The van der Waals surface area contributed by atoms with Crippen LogP contribution in [0.2, 0.25) is 0 Å². The molecule has 0 radical (unpaired) electrons. The van der Waals surface area contributed by atoms with Gasteiger partial charge in [0.2, 0.25) is 0 Å². The van der Waals surface area contributed by atoms with Crippen molar-refractivity contribution >= 4 is 5.97 Å². The molecule has 0 aromatic heterocycles. The predicted molar refractivity (Wildman–Crippen MR) is 96.5 cm³/mol. The zero-order valence-electron chi connectivity index (χ0n) is 15.6. The number of hydrogen-bond donors (Lipinski definition) is 2. The van der Waals surface area contributed by atoms with E-state index in [1.807, 2.05) is 6.08 Å². The number of carbonyl (C=O) groups excluding carboxylic acids is 1. The minimum atomic E-state index is -0.296. The quantitative estimate of drug-likeness (QED) is 0.566. The summed E-state index contributed by atoms with van der Waals surface area (Å²) in [4.78, 5) is 11.5. The first-order valence-corrected chi connectivity index (χ1v) is 9.76. The fourth-order valence-electron chi connectivity index (χ4n) is 6.42. The van der Waals surface area contributed by atoms with Crippen molar-refractivity contribution in [3.05, 3.63) is 23.8 Å². The van der Waals surface area contributed by atoms with Crippen molar-refractivity contribution in [1.82, 2.24) is 0 Å². The first-order valence-electron chi connectivity index (χ1n) is 9.76. The largest absolute Gasteiger partial charge is 0.461 e. The van der Waals surface area contributed by atoms with Gasteiger partial charge in [-0.2, -0.15) is 0 Å². The molecule has 8 atom stereocenters. The Hall–Kier alpha value is -1.13. The highest BCUT2D eigenvalue weighted by atomic mass is 16.5. The molecule has 138 valence electrons. The van der Waals surface area contributed by atoms with Crippen molar-refractivity contribution < 1.29 is 14.6 Å². The Kier molecular flexibility index (Phi) is 3.93. The molecule has 0 aromatic carbocycles. The molecule has 4 heteroatoms. The average molecular weight is 345 g/mol. The number of aliphatic hydroxyl groups is 1. The van der Waals surface area contributed by atoms with Crippen molar-refractivity contribution in [3.63, 3.8) is 0 Å². The number of fused-ring (bicyclic) bond motifs is 5. The summed E-state index contributed by atoms with van der Waals surface area (Å²) in [6, 6.07) is -0.0856. The summed E-state index contributed by atoms with van der Waals surface area (Å²) in [5, 5.41) is 10.0. The Morgan fingerprint density at radius 1 is 1.32 bits per heavy atom. The molecule has 4 nitrogen and oxygen atoms in total. The molecule has 0 unspecified atom stereocenters. The van der Waals surface area contributed by atoms with Crippen LogP contribution in [0.3, 0.4) is 0 Å². The molecule has 4 aliphatic rings. The molecule has 0 heterocycles. The summed E-state index contributed by atoms with van der Waals surface area (Å²) in [5.41, 5.74) is 8.26. The summed E-state index contributed by atoms with van der Waals surface area (Å²) >= 11 is 0. The van der Waals surface area contributed by atoms with Crippen molar-refractivity contribution in [1.29, 1.82) is 0 Å². The van der Waals surface area contributed by atoms with Crippen LogP contribution in [-0.4, -0.2) is 29.3 Å². The van der Waals surface area contributed by atoms with Gasteiger partial charge in [-0.05, 0) is 60.7 Å². The normalized spacial score (nSPS) is 51.2. The summed E-state index contributed by atoms with van der Waals surface area (Å²) < 4.78 is 5.57. The third-order valence-corrected chi connectivity index (χ3v) is 7.99. The number of hydrogen-bond acceptors (Lipinski definition) is 4. The third-order valence-electron chi connectivity index (χ3n) is 7.99. The van der Waals surface area contributed by atoms with E-state index in [0.29, 0.717) is 17.8 Å². The van der Waals surface area contributed by atoms with Crippen molar-refractivity contribution in [2.24, 2.45) is 34.3 Å². The van der Waals surface area contributed by atoms with Gasteiger partial charge in [-0.25, -0.2) is 0 Å². The van der Waals surface area contributed by atoms with Crippen LogP contribution in [0.25, 0.3) is 0 Å². The van der Waals surface area contributed by atoms with E-state index in [4.69, 9.17) is 10.5 Å². The van der Waals surface area contributed by atoms with E-state index in [9.17, 15) is 9.90 Å². The fourth-order valence-corrected chi connectivity index (χ4v) is 6.42.